The quantitative estimate of drug-likeness (QED) is 0.609. The first-order chi connectivity index (χ1) is 5.61. The highest BCUT2D eigenvalue weighted by Crippen LogP contribution is 2.11. The Labute approximate surface area is 72.7 Å². The second-order valence-corrected chi connectivity index (χ2v) is 3.07. The first-order valence-electron chi connectivity index (χ1n) is 4.03. The average molecular weight is 175 g/mol. The third kappa shape index (κ3) is 4.31. The van der Waals surface area contributed by atoms with Gasteiger partial charge in [-0.05, 0) is 12.3 Å². The Hall–Kier alpha value is -0.610. The van der Waals surface area contributed by atoms with Crippen molar-refractivity contribution >= 4 is 5.97 Å². The van der Waals surface area contributed by atoms with E-state index in [1.165, 1.54) is 0 Å². The number of methoxy groups -OCH3 is 1. The third-order valence-corrected chi connectivity index (χ3v) is 1.77. The van der Waals surface area contributed by atoms with E-state index in [9.17, 15) is 4.79 Å². The number of carboxylic acids is 1. The van der Waals surface area contributed by atoms with E-state index >= 15 is 0 Å². The Morgan fingerprint density at radius 1 is 1.67 bits per heavy atom. The van der Waals surface area contributed by atoms with Gasteiger partial charge in [0.05, 0.1) is 5.92 Å². The van der Waals surface area contributed by atoms with Gasteiger partial charge in [0, 0.05) is 20.3 Å². The van der Waals surface area contributed by atoms with E-state index in [4.69, 9.17) is 15.6 Å². The lowest BCUT2D eigenvalue weighted by Gasteiger charge is -2.14. The minimum atomic E-state index is -0.819. The fourth-order valence-corrected chi connectivity index (χ4v) is 1.14. The van der Waals surface area contributed by atoms with Crippen molar-refractivity contribution in [1.82, 2.24) is 0 Å². The Kier molecular flexibility index (Phi) is 5.66. The molecular formula is C8H17NO3. The van der Waals surface area contributed by atoms with Crippen molar-refractivity contribution < 1.29 is 14.6 Å². The van der Waals surface area contributed by atoms with Crippen molar-refractivity contribution in [2.24, 2.45) is 17.6 Å². The monoisotopic (exact) mass is 175 g/mol. The molecule has 0 saturated heterocycles. The Balaban J connectivity index is 3.77. The van der Waals surface area contributed by atoms with Gasteiger partial charge in [0.25, 0.3) is 0 Å². The van der Waals surface area contributed by atoms with Gasteiger partial charge in [-0.2, -0.15) is 0 Å². The molecule has 0 spiro atoms. The van der Waals surface area contributed by atoms with Crippen LogP contribution in [0.25, 0.3) is 0 Å². The van der Waals surface area contributed by atoms with E-state index in [0.29, 0.717) is 13.0 Å². The zero-order valence-electron chi connectivity index (χ0n) is 7.62. The summed E-state index contributed by atoms with van der Waals surface area (Å²) in [5.74, 6) is -1.00. The third-order valence-electron chi connectivity index (χ3n) is 1.77. The van der Waals surface area contributed by atoms with Crippen LogP contribution in [0.5, 0.6) is 0 Å². The number of carboxylic acid groups (broad SMARTS) is 1. The summed E-state index contributed by atoms with van der Waals surface area (Å²) in [5.41, 5.74) is 5.30. The van der Waals surface area contributed by atoms with Crippen molar-refractivity contribution in [3.8, 4) is 0 Å². The number of hydrogen-bond acceptors (Lipinski definition) is 3. The van der Waals surface area contributed by atoms with Crippen molar-refractivity contribution in [1.29, 1.82) is 0 Å². The summed E-state index contributed by atoms with van der Waals surface area (Å²) in [7, 11) is 1.61. The van der Waals surface area contributed by atoms with Crippen LogP contribution in [0.3, 0.4) is 0 Å². The fraction of sp³-hybridized carbons (Fsp3) is 0.875. The molecule has 0 aliphatic heterocycles. The molecule has 3 N–H and O–H groups in total. The molecule has 0 radical (unpaired) electrons. The van der Waals surface area contributed by atoms with E-state index in [1.54, 1.807) is 7.11 Å². The van der Waals surface area contributed by atoms with Gasteiger partial charge >= 0.3 is 5.97 Å². The van der Waals surface area contributed by atoms with E-state index in [-0.39, 0.29) is 12.5 Å². The van der Waals surface area contributed by atoms with Crippen LogP contribution in [0.1, 0.15) is 13.3 Å². The summed E-state index contributed by atoms with van der Waals surface area (Å²) >= 11 is 0. The summed E-state index contributed by atoms with van der Waals surface area (Å²) < 4.78 is 4.89. The first kappa shape index (κ1) is 11.4. The molecular weight excluding hydrogens is 158 g/mol. The number of carbonyl (C=O) groups is 1. The van der Waals surface area contributed by atoms with Crippen molar-refractivity contribution in [3.05, 3.63) is 0 Å². The summed E-state index contributed by atoms with van der Waals surface area (Å²) in [6.07, 6.45) is 0.583. The maximum absolute atomic E-state index is 10.5. The molecule has 0 aromatic rings. The number of aliphatic carboxylic acids is 1. The SMILES string of the molecule is COCC(C)CC(CN)C(=O)O. The zero-order valence-corrected chi connectivity index (χ0v) is 7.62. The second kappa shape index (κ2) is 5.97. The Bertz CT molecular complexity index is 138. The van der Waals surface area contributed by atoms with Gasteiger partial charge in [-0.25, -0.2) is 0 Å². The van der Waals surface area contributed by atoms with Crippen LogP contribution in [-0.2, 0) is 9.53 Å². The molecule has 72 valence electrons. The summed E-state index contributed by atoms with van der Waals surface area (Å²) in [6.45, 7) is 2.74. The number of ether oxygens (including phenoxy) is 1. The van der Waals surface area contributed by atoms with E-state index in [2.05, 4.69) is 0 Å². The fourth-order valence-electron chi connectivity index (χ4n) is 1.14. The molecule has 0 aliphatic rings. The zero-order chi connectivity index (χ0) is 9.56. The molecule has 0 aromatic carbocycles. The highest BCUT2D eigenvalue weighted by molar-refractivity contribution is 5.70. The smallest absolute Gasteiger partial charge is 0.307 e. The van der Waals surface area contributed by atoms with Gasteiger partial charge in [-0.3, -0.25) is 4.79 Å². The minimum absolute atomic E-state index is 0.198. The lowest BCUT2D eigenvalue weighted by atomic mass is 9.97. The molecule has 4 nitrogen and oxygen atoms in total. The van der Waals surface area contributed by atoms with Crippen molar-refractivity contribution in [3.63, 3.8) is 0 Å². The van der Waals surface area contributed by atoms with Gasteiger partial charge in [0.15, 0.2) is 0 Å². The van der Waals surface area contributed by atoms with Crippen LogP contribution in [0.2, 0.25) is 0 Å². The molecule has 0 fully saturated rings. The first-order valence-corrected chi connectivity index (χ1v) is 4.03. The van der Waals surface area contributed by atoms with Gasteiger partial charge < -0.3 is 15.6 Å². The molecule has 0 heterocycles. The molecule has 0 aromatic heterocycles. The van der Waals surface area contributed by atoms with Gasteiger partial charge in [0.2, 0.25) is 0 Å². The van der Waals surface area contributed by atoms with Gasteiger partial charge in [0.1, 0.15) is 0 Å². The molecule has 0 saturated carbocycles. The highest BCUT2D eigenvalue weighted by atomic mass is 16.5. The van der Waals surface area contributed by atoms with Crippen LogP contribution in [0.4, 0.5) is 0 Å². The molecule has 0 amide bonds. The van der Waals surface area contributed by atoms with Crippen LogP contribution < -0.4 is 5.73 Å². The maximum Gasteiger partial charge on any atom is 0.307 e. The number of nitrogens with two attached hydrogens (primary N) is 1. The summed E-state index contributed by atoms with van der Waals surface area (Å²) in [4.78, 5) is 10.5. The van der Waals surface area contributed by atoms with E-state index in [0.717, 1.165) is 0 Å². The number of rotatable bonds is 6. The lowest BCUT2D eigenvalue weighted by molar-refractivity contribution is -0.142. The number of hydrogen-bond donors (Lipinski definition) is 2. The largest absolute Gasteiger partial charge is 0.481 e. The van der Waals surface area contributed by atoms with E-state index in [1.807, 2.05) is 6.92 Å². The molecule has 2 atom stereocenters. The molecule has 12 heavy (non-hydrogen) atoms. The Morgan fingerprint density at radius 3 is 2.58 bits per heavy atom. The van der Waals surface area contributed by atoms with Crippen molar-refractivity contribution in [2.45, 2.75) is 13.3 Å². The standard InChI is InChI=1S/C8H17NO3/c1-6(5-12-2)3-7(4-9)8(10)11/h6-7H,3-5,9H2,1-2H3,(H,10,11). The average Bonchev–Trinajstić information content (AvgIpc) is 2.00. The summed E-state index contributed by atoms with van der Waals surface area (Å²) in [5, 5.41) is 8.67. The normalized spacial score (nSPS) is 15.6. The lowest BCUT2D eigenvalue weighted by Crippen LogP contribution is -2.26. The minimum Gasteiger partial charge on any atom is -0.481 e. The van der Waals surface area contributed by atoms with Crippen LogP contribution in [0.15, 0.2) is 0 Å². The van der Waals surface area contributed by atoms with E-state index < -0.39 is 11.9 Å². The maximum atomic E-state index is 10.5. The highest BCUT2D eigenvalue weighted by Gasteiger charge is 2.18. The molecule has 0 bridgehead atoms. The van der Waals surface area contributed by atoms with Crippen LogP contribution in [-0.4, -0.2) is 31.3 Å². The molecule has 4 heteroatoms. The second-order valence-electron chi connectivity index (χ2n) is 3.07. The summed E-state index contributed by atoms with van der Waals surface area (Å²) in [6, 6.07) is 0. The van der Waals surface area contributed by atoms with Crippen LogP contribution in [0, 0.1) is 11.8 Å². The van der Waals surface area contributed by atoms with Gasteiger partial charge in [-0.15, -0.1) is 0 Å². The molecule has 0 aliphatic carbocycles. The Morgan fingerprint density at radius 2 is 2.25 bits per heavy atom. The topological polar surface area (TPSA) is 72.5 Å². The predicted molar refractivity (Wildman–Crippen MR) is 45.8 cm³/mol. The molecule has 2 unspecified atom stereocenters. The predicted octanol–water partition coefficient (Wildman–Crippen LogP) is 0.319. The van der Waals surface area contributed by atoms with Crippen LogP contribution >= 0.6 is 0 Å². The van der Waals surface area contributed by atoms with Gasteiger partial charge in [-0.1, -0.05) is 6.92 Å². The van der Waals surface area contributed by atoms with Crippen molar-refractivity contribution in [2.75, 3.05) is 20.3 Å². The molecule has 0 rings (SSSR count).